The van der Waals surface area contributed by atoms with E-state index in [1.807, 2.05) is 11.4 Å². The van der Waals surface area contributed by atoms with Gasteiger partial charge in [0.05, 0.1) is 11.3 Å². The molecule has 2 aromatic rings. The number of nitrogens with zero attached hydrogens (tertiary/aromatic N) is 2. The van der Waals surface area contributed by atoms with Crippen LogP contribution >= 0.6 is 23.1 Å². The third kappa shape index (κ3) is 2.85. The summed E-state index contributed by atoms with van der Waals surface area (Å²) in [6.07, 6.45) is 3.02. The Morgan fingerprint density at radius 2 is 2.38 bits per heavy atom. The summed E-state index contributed by atoms with van der Waals surface area (Å²) in [7, 11) is 0. The zero-order chi connectivity index (χ0) is 15.0. The summed E-state index contributed by atoms with van der Waals surface area (Å²) >= 11 is 2.53. The molecule has 3 rings (SSSR count). The largest absolute Gasteiger partial charge is 0.481 e. The summed E-state index contributed by atoms with van der Waals surface area (Å²) in [5.41, 5.74) is 0.641. The molecule has 2 aromatic heterocycles. The number of thioether (sulfide) groups is 1. The van der Waals surface area contributed by atoms with E-state index in [0.717, 1.165) is 31.0 Å². The first-order valence-electron chi connectivity index (χ1n) is 6.90. The highest BCUT2D eigenvalue weighted by atomic mass is 32.2. The molecular weight excluding hydrogens is 308 g/mol. The van der Waals surface area contributed by atoms with Gasteiger partial charge in [-0.2, -0.15) is 0 Å². The highest BCUT2D eigenvalue weighted by Crippen LogP contribution is 2.36. The van der Waals surface area contributed by atoms with Crippen LogP contribution in [0.15, 0.2) is 21.4 Å². The number of fused-ring (bicyclic) bond motifs is 1. The van der Waals surface area contributed by atoms with Crippen molar-refractivity contribution in [2.24, 2.45) is 5.92 Å². The van der Waals surface area contributed by atoms with Crippen LogP contribution in [0.1, 0.15) is 32.2 Å². The third-order valence-electron chi connectivity index (χ3n) is 3.84. The van der Waals surface area contributed by atoms with Crippen LogP contribution in [0.5, 0.6) is 0 Å². The maximum atomic E-state index is 12.7. The number of carboxylic acid groups (broad SMARTS) is 1. The fourth-order valence-electron chi connectivity index (χ4n) is 2.87. The van der Waals surface area contributed by atoms with E-state index < -0.39 is 5.97 Å². The molecule has 2 atom stereocenters. The van der Waals surface area contributed by atoms with Gasteiger partial charge in [0.2, 0.25) is 0 Å². The SMILES string of the molecule is CC1CCC(n2c(SCC(=O)O)nc3ccsc3c2=O)C1. The first kappa shape index (κ1) is 14.6. The number of aromatic nitrogens is 2. The minimum Gasteiger partial charge on any atom is -0.481 e. The molecule has 112 valence electrons. The van der Waals surface area contributed by atoms with Crippen molar-refractivity contribution >= 4 is 39.3 Å². The van der Waals surface area contributed by atoms with Gasteiger partial charge >= 0.3 is 5.97 Å². The number of carbonyl (C=O) groups is 1. The van der Waals surface area contributed by atoms with Gasteiger partial charge in [-0.25, -0.2) is 4.98 Å². The summed E-state index contributed by atoms with van der Waals surface area (Å²) in [5, 5.41) is 11.3. The van der Waals surface area contributed by atoms with E-state index in [1.54, 1.807) is 4.57 Å². The Bertz CT molecular complexity index is 737. The predicted molar refractivity (Wildman–Crippen MR) is 84.3 cm³/mol. The maximum absolute atomic E-state index is 12.7. The number of aliphatic carboxylic acids is 1. The molecule has 0 spiro atoms. The van der Waals surface area contributed by atoms with E-state index in [1.165, 1.54) is 11.3 Å². The second-order valence-electron chi connectivity index (χ2n) is 5.46. The van der Waals surface area contributed by atoms with Gasteiger partial charge in [-0.1, -0.05) is 18.7 Å². The molecule has 0 saturated heterocycles. The molecule has 1 saturated carbocycles. The molecule has 0 amide bonds. The minimum atomic E-state index is -0.897. The van der Waals surface area contributed by atoms with Gasteiger partial charge in [-0.3, -0.25) is 14.2 Å². The van der Waals surface area contributed by atoms with Gasteiger partial charge in [-0.15, -0.1) is 11.3 Å². The van der Waals surface area contributed by atoms with E-state index in [0.29, 0.717) is 21.3 Å². The van der Waals surface area contributed by atoms with Crippen LogP contribution in [0.25, 0.3) is 10.2 Å². The second-order valence-corrected chi connectivity index (χ2v) is 7.32. The number of carboxylic acids is 1. The lowest BCUT2D eigenvalue weighted by Crippen LogP contribution is -2.26. The Morgan fingerprint density at radius 1 is 1.57 bits per heavy atom. The molecule has 0 radical (unpaired) electrons. The lowest BCUT2D eigenvalue weighted by molar-refractivity contribution is -0.133. The standard InChI is InChI=1S/C14H16N2O3S2/c1-8-2-3-9(6-8)16-13(19)12-10(4-5-20-12)15-14(16)21-7-11(17)18/h4-5,8-9H,2-3,6-7H2,1H3,(H,17,18). The molecule has 2 unspecified atom stereocenters. The van der Waals surface area contributed by atoms with Gasteiger partial charge in [0.15, 0.2) is 5.16 Å². The Hall–Kier alpha value is -1.34. The minimum absolute atomic E-state index is 0.0259. The van der Waals surface area contributed by atoms with E-state index in [2.05, 4.69) is 11.9 Å². The van der Waals surface area contributed by atoms with Crippen molar-refractivity contribution in [3.63, 3.8) is 0 Å². The summed E-state index contributed by atoms with van der Waals surface area (Å²) in [6.45, 7) is 2.19. The first-order chi connectivity index (χ1) is 10.1. The fraction of sp³-hybridized carbons (Fsp3) is 0.500. The Morgan fingerprint density at radius 3 is 3.05 bits per heavy atom. The van der Waals surface area contributed by atoms with Crippen molar-refractivity contribution in [1.82, 2.24) is 9.55 Å². The van der Waals surface area contributed by atoms with Crippen LogP contribution in [-0.2, 0) is 4.79 Å². The molecule has 21 heavy (non-hydrogen) atoms. The smallest absolute Gasteiger partial charge is 0.313 e. The van der Waals surface area contributed by atoms with Gasteiger partial charge in [0.1, 0.15) is 4.70 Å². The number of hydrogen-bond acceptors (Lipinski definition) is 5. The molecular formula is C14H16N2O3S2. The lowest BCUT2D eigenvalue weighted by atomic mass is 10.1. The number of thiophene rings is 1. The lowest BCUT2D eigenvalue weighted by Gasteiger charge is -2.17. The maximum Gasteiger partial charge on any atom is 0.313 e. The van der Waals surface area contributed by atoms with Gasteiger partial charge < -0.3 is 5.11 Å². The van der Waals surface area contributed by atoms with Crippen molar-refractivity contribution in [2.75, 3.05) is 5.75 Å². The van der Waals surface area contributed by atoms with Crippen LogP contribution in [0.3, 0.4) is 0 Å². The van der Waals surface area contributed by atoms with E-state index in [-0.39, 0.29) is 17.4 Å². The average Bonchev–Trinajstić information content (AvgIpc) is 3.05. The summed E-state index contributed by atoms with van der Waals surface area (Å²) < 4.78 is 2.39. The highest BCUT2D eigenvalue weighted by Gasteiger charge is 2.27. The van der Waals surface area contributed by atoms with Crippen molar-refractivity contribution in [1.29, 1.82) is 0 Å². The first-order valence-corrected chi connectivity index (χ1v) is 8.77. The molecule has 5 nitrogen and oxygen atoms in total. The Labute approximate surface area is 130 Å². The van der Waals surface area contributed by atoms with Crippen LogP contribution in [0.2, 0.25) is 0 Å². The highest BCUT2D eigenvalue weighted by molar-refractivity contribution is 7.99. The van der Waals surface area contributed by atoms with E-state index in [4.69, 9.17) is 5.11 Å². The predicted octanol–water partition coefficient (Wildman–Crippen LogP) is 3.00. The average molecular weight is 324 g/mol. The number of rotatable bonds is 4. The summed E-state index contributed by atoms with van der Waals surface area (Å²) in [4.78, 5) is 28.1. The summed E-state index contributed by atoms with van der Waals surface area (Å²) in [5.74, 6) is -0.381. The van der Waals surface area contributed by atoms with E-state index >= 15 is 0 Å². The number of hydrogen-bond donors (Lipinski definition) is 1. The van der Waals surface area contributed by atoms with Gasteiger partial charge in [0, 0.05) is 6.04 Å². The molecule has 0 aromatic carbocycles. The molecule has 1 N–H and O–H groups in total. The second kappa shape index (κ2) is 5.81. The third-order valence-corrected chi connectivity index (χ3v) is 5.67. The Balaban J connectivity index is 2.09. The quantitative estimate of drug-likeness (QED) is 0.691. The van der Waals surface area contributed by atoms with Crippen molar-refractivity contribution in [2.45, 2.75) is 37.4 Å². The topological polar surface area (TPSA) is 72.2 Å². The fourth-order valence-corrected chi connectivity index (χ4v) is 4.42. The van der Waals surface area contributed by atoms with Crippen LogP contribution in [0.4, 0.5) is 0 Å². The molecule has 0 aliphatic heterocycles. The monoisotopic (exact) mass is 324 g/mol. The molecule has 1 aliphatic carbocycles. The van der Waals surface area contributed by atoms with Crippen molar-refractivity contribution < 1.29 is 9.90 Å². The zero-order valence-corrected chi connectivity index (χ0v) is 13.2. The van der Waals surface area contributed by atoms with Gasteiger partial charge in [0.25, 0.3) is 5.56 Å². The molecule has 1 aliphatic rings. The Kier molecular flexibility index (Phi) is 4.03. The molecule has 0 bridgehead atoms. The van der Waals surface area contributed by atoms with Crippen LogP contribution in [0, 0.1) is 5.92 Å². The molecule has 2 heterocycles. The van der Waals surface area contributed by atoms with Crippen LogP contribution in [-0.4, -0.2) is 26.4 Å². The molecule has 7 heteroatoms. The van der Waals surface area contributed by atoms with Gasteiger partial charge in [-0.05, 0) is 36.6 Å². The summed E-state index contributed by atoms with van der Waals surface area (Å²) in [6, 6.07) is 1.95. The van der Waals surface area contributed by atoms with E-state index in [9.17, 15) is 9.59 Å². The van der Waals surface area contributed by atoms with Crippen LogP contribution < -0.4 is 5.56 Å². The normalized spacial score (nSPS) is 22.0. The van der Waals surface area contributed by atoms with Crippen molar-refractivity contribution in [3.8, 4) is 0 Å². The molecule has 1 fully saturated rings. The zero-order valence-electron chi connectivity index (χ0n) is 11.6. The van der Waals surface area contributed by atoms with Crippen molar-refractivity contribution in [3.05, 3.63) is 21.8 Å².